The Morgan fingerprint density at radius 2 is 2.18 bits per heavy atom. The smallest absolute Gasteiger partial charge is 0.246 e. The molecule has 28 heavy (non-hydrogen) atoms. The zero-order valence-corrected chi connectivity index (χ0v) is 16.1. The average Bonchev–Trinajstić information content (AvgIpc) is 2.71. The number of hydrogen-bond acceptors (Lipinski definition) is 5. The van der Waals surface area contributed by atoms with E-state index in [1.165, 1.54) is 6.08 Å². The highest BCUT2D eigenvalue weighted by atomic mass is 16.5. The maximum atomic E-state index is 12.4. The molecule has 1 saturated heterocycles. The molecule has 1 aromatic carbocycles. The third-order valence-corrected chi connectivity index (χ3v) is 4.55. The highest BCUT2D eigenvalue weighted by Crippen LogP contribution is 2.18. The number of pyridine rings is 1. The van der Waals surface area contributed by atoms with Crippen LogP contribution in [0.5, 0.6) is 5.75 Å². The molecule has 2 heterocycles. The lowest BCUT2D eigenvalue weighted by molar-refractivity contribution is -0.134. The standard InChI is InChI=1S/C22H24N2O4/c1-16-13-19(7-8-21(16)17(2)25)28-15-20-14-24(11-12-27-20)22(26)9-6-18-5-3-4-10-23-18/h3-10,13,20H,11-12,14-15H2,1-2H3. The summed E-state index contributed by atoms with van der Waals surface area (Å²) in [7, 11) is 0. The molecule has 0 bridgehead atoms. The van der Waals surface area contributed by atoms with E-state index in [2.05, 4.69) is 4.98 Å². The summed E-state index contributed by atoms with van der Waals surface area (Å²) in [5.41, 5.74) is 2.32. The lowest BCUT2D eigenvalue weighted by atomic mass is 10.1. The summed E-state index contributed by atoms with van der Waals surface area (Å²) in [5, 5.41) is 0. The Kier molecular flexibility index (Phi) is 6.55. The van der Waals surface area contributed by atoms with Gasteiger partial charge in [0, 0.05) is 24.4 Å². The topological polar surface area (TPSA) is 68.7 Å². The molecule has 1 atom stereocenters. The molecule has 0 N–H and O–H groups in total. The first-order chi connectivity index (χ1) is 13.5. The average molecular weight is 380 g/mol. The van der Waals surface area contributed by atoms with E-state index >= 15 is 0 Å². The van der Waals surface area contributed by atoms with Crippen molar-refractivity contribution in [2.45, 2.75) is 20.0 Å². The second-order valence-corrected chi connectivity index (χ2v) is 6.71. The van der Waals surface area contributed by atoms with Crippen molar-refractivity contribution in [1.82, 2.24) is 9.88 Å². The predicted molar refractivity (Wildman–Crippen MR) is 106 cm³/mol. The summed E-state index contributed by atoms with van der Waals surface area (Å²) in [6, 6.07) is 11.0. The molecule has 2 aromatic rings. The van der Waals surface area contributed by atoms with Crippen molar-refractivity contribution in [1.29, 1.82) is 0 Å². The van der Waals surface area contributed by atoms with Crippen LogP contribution in [0.4, 0.5) is 0 Å². The highest BCUT2D eigenvalue weighted by molar-refractivity contribution is 5.95. The molecule has 3 rings (SSSR count). The van der Waals surface area contributed by atoms with Crippen LogP contribution in [0, 0.1) is 6.92 Å². The summed E-state index contributed by atoms with van der Waals surface area (Å²) in [6.45, 7) is 5.26. The number of morpholine rings is 1. The number of carbonyl (C=O) groups is 2. The van der Waals surface area contributed by atoms with Gasteiger partial charge < -0.3 is 14.4 Å². The van der Waals surface area contributed by atoms with Crippen LogP contribution >= 0.6 is 0 Å². The Morgan fingerprint density at radius 1 is 1.32 bits per heavy atom. The molecule has 146 valence electrons. The van der Waals surface area contributed by atoms with Crippen LogP contribution < -0.4 is 4.74 Å². The quantitative estimate of drug-likeness (QED) is 0.569. The molecule has 1 unspecified atom stereocenters. The third-order valence-electron chi connectivity index (χ3n) is 4.55. The summed E-state index contributed by atoms with van der Waals surface area (Å²) >= 11 is 0. The first kappa shape index (κ1) is 19.8. The number of amides is 1. The summed E-state index contributed by atoms with van der Waals surface area (Å²) in [6.07, 6.45) is 4.74. The zero-order valence-electron chi connectivity index (χ0n) is 16.1. The van der Waals surface area contributed by atoms with E-state index in [1.807, 2.05) is 31.2 Å². The molecule has 1 aliphatic heterocycles. The van der Waals surface area contributed by atoms with Crippen LogP contribution in [0.15, 0.2) is 48.7 Å². The van der Waals surface area contributed by atoms with Gasteiger partial charge in [0.2, 0.25) is 5.91 Å². The lowest BCUT2D eigenvalue weighted by Crippen LogP contribution is -2.47. The van der Waals surface area contributed by atoms with Gasteiger partial charge in [0.1, 0.15) is 18.5 Å². The number of nitrogens with zero attached hydrogens (tertiary/aromatic N) is 2. The molecule has 1 aliphatic rings. The van der Waals surface area contributed by atoms with E-state index in [9.17, 15) is 9.59 Å². The SMILES string of the molecule is CC(=O)c1ccc(OCC2CN(C(=O)C=Cc3ccccn3)CCO2)cc1C. The molecule has 0 radical (unpaired) electrons. The van der Waals surface area contributed by atoms with Gasteiger partial charge in [-0.05, 0) is 55.8 Å². The fourth-order valence-corrected chi connectivity index (χ4v) is 3.07. The Balaban J connectivity index is 1.53. The van der Waals surface area contributed by atoms with Crippen LogP contribution in [0.2, 0.25) is 0 Å². The molecule has 1 amide bonds. The number of aryl methyl sites for hydroxylation is 1. The zero-order chi connectivity index (χ0) is 19.9. The van der Waals surface area contributed by atoms with Crippen molar-refractivity contribution in [3.8, 4) is 5.75 Å². The van der Waals surface area contributed by atoms with Crippen LogP contribution in [0.3, 0.4) is 0 Å². The molecule has 0 spiro atoms. The minimum Gasteiger partial charge on any atom is -0.491 e. The number of benzene rings is 1. The van der Waals surface area contributed by atoms with Gasteiger partial charge >= 0.3 is 0 Å². The predicted octanol–water partition coefficient (Wildman–Crippen LogP) is 2.91. The minimum absolute atomic E-state index is 0.0348. The summed E-state index contributed by atoms with van der Waals surface area (Å²) in [5.74, 6) is 0.651. The summed E-state index contributed by atoms with van der Waals surface area (Å²) < 4.78 is 11.5. The number of carbonyl (C=O) groups excluding carboxylic acids is 2. The molecule has 1 fully saturated rings. The van der Waals surface area contributed by atoms with Gasteiger partial charge in [-0.3, -0.25) is 14.6 Å². The number of rotatable bonds is 6. The highest BCUT2D eigenvalue weighted by Gasteiger charge is 2.23. The van der Waals surface area contributed by atoms with Gasteiger partial charge in [-0.1, -0.05) is 6.07 Å². The van der Waals surface area contributed by atoms with Crippen LogP contribution in [0.25, 0.3) is 6.08 Å². The second-order valence-electron chi connectivity index (χ2n) is 6.71. The Labute approximate surface area is 164 Å². The molecular weight excluding hydrogens is 356 g/mol. The number of hydrogen-bond donors (Lipinski definition) is 0. The maximum absolute atomic E-state index is 12.4. The van der Waals surface area contributed by atoms with Crippen molar-refractivity contribution in [3.05, 3.63) is 65.5 Å². The van der Waals surface area contributed by atoms with E-state index in [-0.39, 0.29) is 17.8 Å². The van der Waals surface area contributed by atoms with Crippen LogP contribution in [-0.2, 0) is 9.53 Å². The second kappa shape index (κ2) is 9.28. The first-order valence-corrected chi connectivity index (χ1v) is 9.27. The van der Waals surface area contributed by atoms with E-state index in [0.717, 1.165) is 11.3 Å². The first-order valence-electron chi connectivity index (χ1n) is 9.27. The Bertz CT molecular complexity index is 864. The van der Waals surface area contributed by atoms with Gasteiger partial charge in [-0.15, -0.1) is 0 Å². The molecular formula is C22H24N2O4. The maximum Gasteiger partial charge on any atom is 0.246 e. The van der Waals surface area contributed by atoms with Gasteiger partial charge in [-0.2, -0.15) is 0 Å². The van der Waals surface area contributed by atoms with Crippen LogP contribution in [-0.4, -0.2) is 54.0 Å². The van der Waals surface area contributed by atoms with E-state index < -0.39 is 0 Å². The normalized spacial score (nSPS) is 16.9. The third kappa shape index (κ3) is 5.27. The van der Waals surface area contributed by atoms with E-state index in [0.29, 0.717) is 37.6 Å². The number of aromatic nitrogens is 1. The van der Waals surface area contributed by atoms with Crippen molar-refractivity contribution in [2.24, 2.45) is 0 Å². The summed E-state index contributed by atoms with van der Waals surface area (Å²) in [4.78, 5) is 29.9. The number of ketones is 1. The largest absolute Gasteiger partial charge is 0.491 e. The molecule has 0 aliphatic carbocycles. The van der Waals surface area contributed by atoms with Gasteiger partial charge in [0.05, 0.1) is 18.8 Å². The molecule has 1 aromatic heterocycles. The van der Waals surface area contributed by atoms with Gasteiger partial charge in [0.25, 0.3) is 0 Å². The van der Waals surface area contributed by atoms with Crippen LogP contribution in [0.1, 0.15) is 28.5 Å². The molecule has 0 saturated carbocycles. The molecule has 6 nitrogen and oxygen atoms in total. The monoisotopic (exact) mass is 380 g/mol. The Hall–Kier alpha value is -2.99. The van der Waals surface area contributed by atoms with Gasteiger partial charge in [-0.25, -0.2) is 0 Å². The fraction of sp³-hybridized carbons (Fsp3) is 0.318. The minimum atomic E-state index is -0.200. The lowest BCUT2D eigenvalue weighted by Gasteiger charge is -2.32. The number of Topliss-reactive ketones (excluding diaryl/α,β-unsaturated/α-hetero) is 1. The fourth-order valence-electron chi connectivity index (χ4n) is 3.07. The Morgan fingerprint density at radius 3 is 2.89 bits per heavy atom. The van der Waals surface area contributed by atoms with Gasteiger partial charge in [0.15, 0.2) is 5.78 Å². The van der Waals surface area contributed by atoms with Crippen molar-refractivity contribution in [2.75, 3.05) is 26.3 Å². The molecule has 6 heteroatoms. The van der Waals surface area contributed by atoms with Crippen molar-refractivity contribution in [3.63, 3.8) is 0 Å². The van der Waals surface area contributed by atoms with E-state index in [1.54, 1.807) is 36.2 Å². The van der Waals surface area contributed by atoms with Crippen molar-refractivity contribution >= 4 is 17.8 Å². The van der Waals surface area contributed by atoms with Crippen molar-refractivity contribution < 1.29 is 19.1 Å². The number of ether oxygens (including phenoxy) is 2. The van der Waals surface area contributed by atoms with E-state index in [4.69, 9.17) is 9.47 Å².